The molecule has 4 rings (SSSR count). The van der Waals surface area contributed by atoms with Crippen LogP contribution >= 0.6 is 11.6 Å². The highest BCUT2D eigenvalue weighted by molar-refractivity contribution is 6.30. The van der Waals surface area contributed by atoms with Gasteiger partial charge in [-0.05, 0) is 60.0 Å². The van der Waals surface area contributed by atoms with Gasteiger partial charge in [-0.1, -0.05) is 11.6 Å². The van der Waals surface area contributed by atoms with Crippen molar-refractivity contribution in [2.24, 2.45) is 0 Å². The number of carbonyl (C=O) groups is 1. The van der Waals surface area contributed by atoms with Crippen LogP contribution in [0.5, 0.6) is 0 Å². The predicted molar refractivity (Wildman–Crippen MR) is 103 cm³/mol. The van der Waals surface area contributed by atoms with Gasteiger partial charge in [-0.15, -0.1) is 0 Å². The van der Waals surface area contributed by atoms with Gasteiger partial charge in [0.05, 0.1) is 5.56 Å². The Morgan fingerprint density at radius 1 is 1.15 bits per heavy atom. The molecule has 1 aromatic carbocycles. The summed E-state index contributed by atoms with van der Waals surface area (Å²) in [4.78, 5) is 23.3. The number of halogens is 1. The van der Waals surface area contributed by atoms with Gasteiger partial charge in [0.2, 0.25) is 0 Å². The molecule has 0 aliphatic carbocycles. The van der Waals surface area contributed by atoms with Crippen molar-refractivity contribution in [3.63, 3.8) is 0 Å². The van der Waals surface area contributed by atoms with Crippen LogP contribution in [0.1, 0.15) is 21.5 Å². The molecule has 26 heavy (non-hydrogen) atoms. The number of fused-ring (bicyclic) bond motifs is 1. The molecule has 0 spiro atoms. The number of hydrogen-bond donors (Lipinski definition) is 1. The van der Waals surface area contributed by atoms with Crippen LogP contribution in [0, 0.1) is 0 Å². The van der Waals surface area contributed by atoms with Crippen molar-refractivity contribution < 1.29 is 4.79 Å². The smallest absolute Gasteiger partial charge is 0.262 e. The summed E-state index contributed by atoms with van der Waals surface area (Å²) in [6.07, 6.45) is 5.98. The first-order valence-electron chi connectivity index (χ1n) is 8.40. The summed E-state index contributed by atoms with van der Waals surface area (Å²) in [5.41, 5.74) is 3.65. The zero-order valence-corrected chi connectivity index (χ0v) is 14.8. The Hall–Kier alpha value is -2.92. The molecule has 3 aromatic rings. The Balaban J connectivity index is 1.58. The maximum absolute atomic E-state index is 13.1. The second-order valence-electron chi connectivity index (χ2n) is 6.09. The van der Waals surface area contributed by atoms with E-state index < -0.39 is 0 Å². The van der Waals surface area contributed by atoms with Gasteiger partial charge < -0.3 is 10.2 Å². The molecular weight excluding hydrogens is 348 g/mol. The zero-order chi connectivity index (χ0) is 17.9. The molecule has 1 N–H and O–H groups in total. The van der Waals surface area contributed by atoms with Crippen LogP contribution in [0.3, 0.4) is 0 Å². The van der Waals surface area contributed by atoms with E-state index in [0.717, 1.165) is 23.2 Å². The van der Waals surface area contributed by atoms with E-state index in [4.69, 9.17) is 11.6 Å². The van der Waals surface area contributed by atoms with E-state index in [2.05, 4.69) is 15.3 Å². The summed E-state index contributed by atoms with van der Waals surface area (Å²) in [5.74, 6) is 0.521. The monoisotopic (exact) mass is 364 g/mol. The van der Waals surface area contributed by atoms with Crippen LogP contribution < -0.4 is 10.2 Å². The number of nitrogens with one attached hydrogen (secondary N) is 1. The lowest BCUT2D eigenvalue weighted by Crippen LogP contribution is -2.29. The molecule has 0 fully saturated rings. The Morgan fingerprint density at radius 2 is 2.00 bits per heavy atom. The number of carbonyl (C=O) groups excluding carboxylic acids is 1. The van der Waals surface area contributed by atoms with E-state index in [1.54, 1.807) is 35.6 Å². The Morgan fingerprint density at radius 3 is 2.85 bits per heavy atom. The SMILES string of the molecule is O=C(c1cccnc1NCc1ccncc1)N1CCc2cc(Cl)ccc21. The first-order valence-corrected chi connectivity index (χ1v) is 8.78. The van der Waals surface area contributed by atoms with Gasteiger partial charge in [-0.2, -0.15) is 0 Å². The molecule has 130 valence electrons. The minimum atomic E-state index is -0.0589. The minimum absolute atomic E-state index is 0.0589. The van der Waals surface area contributed by atoms with E-state index in [1.807, 2.05) is 30.3 Å². The number of rotatable bonds is 4. The molecule has 0 saturated carbocycles. The number of hydrogen-bond acceptors (Lipinski definition) is 4. The molecular formula is C20H17ClN4O. The first-order chi connectivity index (χ1) is 12.7. The third-order valence-electron chi connectivity index (χ3n) is 4.43. The van der Waals surface area contributed by atoms with Gasteiger partial charge in [0, 0.05) is 42.4 Å². The molecule has 6 heteroatoms. The van der Waals surface area contributed by atoms with Gasteiger partial charge in [0.1, 0.15) is 5.82 Å². The molecule has 1 amide bonds. The molecule has 0 atom stereocenters. The van der Waals surface area contributed by atoms with Crippen molar-refractivity contribution in [1.29, 1.82) is 0 Å². The topological polar surface area (TPSA) is 58.1 Å². The summed E-state index contributed by atoms with van der Waals surface area (Å²) in [6, 6.07) is 13.1. The third-order valence-corrected chi connectivity index (χ3v) is 4.66. The van der Waals surface area contributed by atoms with E-state index in [1.165, 1.54) is 0 Å². The number of anilines is 2. The number of pyridine rings is 2. The van der Waals surface area contributed by atoms with Crippen molar-refractivity contribution in [3.05, 3.63) is 82.8 Å². The second kappa shape index (κ2) is 7.14. The second-order valence-corrected chi connectivity index (χ2v) is 6.52. The summed E-state index contributed by atoms with van der Waals surface area (Å²) in [5, 5.41) is 3.95. The van der Waals surface area contributed by atoms with Gasteiger partial charge in [-0.25, -0.2) is 4.98 Å². The summed E-state index contributed by atoms with van der Waals surface area (Å²) < 4.78 is 0. The Labute approximate surface area is 156 Å². The Kier molecular flexibility index (Phi) is 4.54. The van der Waals surface area contributed by atoms with Gasteiger partial charge in [-0.3, -0.25) is 9.78 Å². The normalized spacial score (nSPS) is 12.7. The fraction of sp³-hybridized carbons (Fsp3) is 0.150. The first kappa shape index (κ1) is 16.5. The molecule has 0 saturated heterocycles. The largest absolute Gasteiger partial charge is 0.365 e. The highest BCUT2D eigenvalue weighted by Gasteiger charge is 2.27. The van der Waals surface area contributed by atoms with Crippen molar-refractivity contribution in [3.8, 4) is 0 Å². The highest BCUT2D eigenvalue weighted by Crippen LogP contribution is 2.32. The lowest BCUT2D eigenvalue weighted by atomic mass is 10.1. The summed E-state index contributed by atoms with van der Waals surface area (Å²) in [7, 11) is 0. The van der Waals surface area contributed by atoms with Gasteiger partial charge >= 0.3 is 0 Å². The number of amides is 1. The van der Waals surface area contributed by atoms with Crippen molar-refractivity contribution in [2.75, 3.05) is 16.8 Å². The van der Waals surface area contributed by atoms with Crippen LogP contribution in [0.4, 0.5) is 11.5 Å². The maximum atomic E-state index is 13.1. The van der Waals surface area contributed by atoms with E-state index in [-0.39, 0.29) is 5.91 Å². The lowest BCUT2D eigenvalue weighted by Gasteiger charge is -2.19. The lowest BCUT2D eigenvalue weighted by molar-refractivity contribution is 0.0990. The third kappa shape index (κ3) is 3.26. The van der Waals surface area contributed by atoms with E-state index in [9.17, 15) is 4.79 Å². The number of benzene rings is 1. The molecule has 1 aliphatic heterocycles. The summed E-state index contributed by atoms with van der Waals surface area (Å²) in [6.45, 7) is 1.22. The number of aromatic nitrogens is 2. The molecule has 0 bridgehead atoms. The molecule has 3 heterocycles. The van der Waals surface area contributed by atoms with E-state index >= 15 is 0 Å². The average Bonchev–Trinajstić information content (AvgIpc) is 3.10. The van der Waals surface area contributed by atoms with Crippen molar-refractivity contribution in [2.45, 2.75) is 13.0 Å². The fourth-order valence-corrected chi connectivity index (χ4v) is 3.33. The molecule has 5 nitrogen and oxygen atoms in total. The average molecular weight is 365 g/mol. The molecule has 2 aromatic heterocycles. The van der Waals surface area contributed by atoms with Crippen LogP contribution in [0.15, 0.2) is 61.1 Å². The number of nitrogens with zero attached hydrogens (tertiary/aromatic N) is 3. The van der Waals surface area contributed by atoms with Crippen LogP contribution in [0.2, 0.25) is 5.02 Å². The quantitative estimate of drug-likeness (QED) is 0.761. The van der Waals surface area contributed by atoms with E-state index in [0.29, 0.717) is 29.5 Å². The molecule has 0 radical (unpaired) electrons. The highest BCUT2D eigenvalue weighted by atomic mass is 35.5. The summed E-state index contributed by atoms with van der Waals surface area (Å²) >= 11 is 6.06. The zero-order valence-electron chi connectivity index (χ0n) is 14.0. The predicted octanol–water partition coefficient (Wildman–Crippen LogP) is 3.95. The fourth-order valence-electron chi connectivity index (χ4n) is 3.13. The standard InChI is InChI=1S/C20H17ClN4O/c21-16-3-4-18-15(12-16)7-11-25(18)20(26)17-2-1-8-23-19(17)24-13-14-5-9-22-10-6-14/h1-6,8-10,12H,7,11,13H2,(H,23,24). The van der Waals surface area contributed by atoms with Crippen LogP contribution in [-0.4, -0.2) is 22.4 Å². The van der Waals surface area contributed by atoms with Gasteiger partial charge in [0.25, 0.3) is 5.91 Å². The van der Waals surface area contributed by atoms with Crippen LogP contribution in [0.25, 0.3) is 0 Å². The molecule has 0 unspecified atom stereocenters. The van der Waals surface area contributed by atoms with Crippen molar-refractivity contribution in [1.82, 2.24) is 9.97 Å². The van der Waals surface area contributed by atoms with Gasteiger partial charge in [0.15, 0.2) is 0 Å². The van der Waals surface area contributed by atoms with Crippen LogP contribution in [-0.2, 0) is 13.0 Å². The Bertz CT molecular complexity index is 946. The molecule has 1 aliphatic rings. The maximum Gasteiger partial charge on any atom is 0.262 e. The van der Waals surface area contributed by atoms with Crippen molar-refractivity contribution >= 4 is 29.0 Å². The minimum Gasteiger partial charge on any atom is -0.365 e.